The van der Waals surface area contributed by atoms with Crippen molar-refractivity contribution in [2.75, 3.05) is 0 Å². The number of carbonyl (C=O) groups is 2. The molecule has 0 unspecified atom stereocenters. The SMILES string of the molecule is C=C(C)C(=O)[O-].C=C(C)C(=O)[O-].[H-].[Li+].[Mn+2]. The molecule has 0 aromatic rings. The molecule has 0 aliphatic carbocycles. The molecule has 0 atom stereocenters. The van der Waals surface area contributed by atoms with Crippen molar-refractivity contribution in [3.8, 4) is 0 Å². The van der Waals surface area contributed by atoms with Gasteiger partial charge in [-0.1, -0.05) is 13.2 Å². The molecule has 0 aromatic heterocycles. The first-order chi connectivity index (χ1) is 5.29. The summed E-state index contributed by atoms with van der Waals surface area (Å²) in [7, 11) is 0. The van der Waals surface area contributed by atoms with Gasteiger partial charge in [0.15, 0.2) is 0 Å². The average Bonchev–Trinajstić information content (AvgIpc) is 1.88. The molecule has 14 heavy (non-hydrogen) atoms. The maximum atomic E-state index is 9.49. The molecule has 0 heterocycles. The minimum atomic E-state index is -1.19. The second kappa shape index (κ2) is 12.5. The molecule has 4 nitrogen and oxygen atoms in total. The molecule has 0 fully saturated rings. The summed E-state index contributed by atoms with van der Waals surface area (Å²) in [6.45, 7) is 8.95. The van der Waals surface area contributed by atoms with Crippen LogP contribution in [0.2, 0.25) is 0 Å². The topological polar surface area (TPSA) is 80.3 Å². The predicted octanol–water partition coefficient (Wildman–Crippen LogP) is -4.26. The summed E-state index contributed by atoms with van der Waals surface area (Å²) < 4.78 is 0. The van der Waals surface area contributed by atoms with Gasteiger partial charge < -0.3 is 21.2 Å². The molecule has 0 bridgehead atoms. The van der Waals surface area contributed by atoms with E-state index in [4.69, 9.17) is 0 Å². The van der Waals surface area contributed by atoms with E-state index in [0.717, 1.165) is 0 Å². The Balaban J connectivity index is -0.0000000370. The van der Waals surface area contributed by atoms with Gasteiger partial charge in [0, 0.05) is 0 Å². The van der Waals surface area contributed by atoms with E-state index in [1.165, 1.54) is 13.8 Å². The van der Waals surface area contributed by atoms with Gasteiger partial charge in [-0.25, -0.2) is 0 Å². The maximum absolute atomic E-state index is 9.49. The van der Waals surface area contributed by atoms with Crippen LogP contribution in [-0.4, -0.2) is 11.9 Å². The van der Waals surface area contributed by atoms with Gasteiger partial charge in [0.25, 0.3) is 0 Å². The van der Waals surface area contributed by atoms with Crippen molar-refractivity contribution in [2.45, 2.75) is 13.8 Å². The summed E-state index contributed by atoms with van der Waals surface area (Å²) >= 11 is 0. The van der Waals surface area contributed by atoms with Gasteiger partial charge in [0.05, 0.1) is 11.9 Å². The zero-order valence-corrected chi connectivity index (χ0v) is 9.61. The summed E-state index contributed by atoms with van der Waals surface area (Å²) in [5.74, 6) is -2.37. The predicted molar refractivity (Wildman–Crippen MR) is 40.8 cm³/mol. The number of hydrogen-bond donors (Lipinski definition) is 0. The van der Waals surface area contributed by atoms with Crippen molar-refractivity contribution in [3.05, 3.63) is 24.3 Å². The smallest absolute Gasteiger partial charge is 1.00 e. The van der Waals surface area contributed by atoms with Crippen LogP contribution < -0.4 is 29.1 Å². The van der Waals surface area contributed by atoms with Crippen LogP contribution in [-0.2, 0) is 26.7 Å². The summed E-state index contributed by atoms with van der Waals surface area (Å²) in [6, 6.07) is 0. The Morgan fingerprint density at radius 3 is 1.07 bits per heavy atom. The fraction of sp³-hybridized carbons (Fsp3) is 0.250. The molecule has 0 saturated carbocycles. The van der Waals surface area contributed by atoms with Gasteiger partial charge in [-0.3, -0.25) is 0 Å². The first-order valence-corrected chi connectivity index (χ1v) is 3.02. The Bertz CT molecular complexity index is 183. The minimum absolute atomic E-state index is 0. The van der Waals surface area contributed by atoms with Crippen LogP contribution in [0.3, 0.4) is 0 Å². The van der Waals surface area contributed by atoms with Crippen LogP contribution in [0.5, 0.6) is 0 Å². The van der Waals surface area contributed by atoms with E-state index in [1.54, 1.807) is 0 Å². The quantitative estimate of drug-likeness (QED) is 0.357. The molecule has 0 spiro atoms. The molecule has 1 radical (unpaired) electrons. The van der Waals surface area contributed by atoms with Crippen LogP contribution in [0.1, 0.15) is 15.3 Å². The largest absolute Gasteiger partial charge is 2.00 e. The van der Waals surface area contributed by atoms with Crippen LogP contribution in [0.4, 0.5) is 0 Å². The number of hydrogen-bond acceptors (Lipinski definition) is 4. The van der Waals surface area contributed by atoms with Crippen molar-refractivity contribution in [2.24, 2.45) is 0 Å². The zero-order chi connectivity index (χ0) is 10.3. The van der Waals surface area contributed by atoms with Crippen LogP contribution in [0.15, 0.2) is 24.3 Å². The Hall–Kier alpha value is -0.463. The molecular weight excluding hydrogens is 222 g/mol. The molecule has 0 rings (SSSR count). The normalized spacial score (nSPS) is 6.43. The van der Waals surface area contributed by atoms with E-state index in [-0.39, 0.29) is 48.5 Å². The summed E-state index contributed by atoms with van der Waals surface area (Å²) in [6.07, 6.45) is 0. The number of carboxylic acids is 2. The van der Waals surface area contributed by atoms with Gasteiger partial charge in [0.2, 0.25) is 0 Å². The third-order valence-corrected chi connectivity index (χ3v) is 0.697. The summed E-state index contributed by atoms with van der Waals surface area (Å²) in [5, 5.41) is 19.0. The Morgan fingerprint density at radius 1 is 1.00 bits per heavy atom. The minimum Gasteiger partial charge on any atom is -1.00 e. The molecule has 75 valence electrons. The number of carbonyl (C=O) groups excluding carboxylic acids is 2. The molecule has 0 aliphatic heterocycles. The Kier molecular flexibility index (Phi) is 20.9. The van der Waals surface area contributed by atoms with Crippen molar-refractivity contribution in [3.63, 3.8) is 0 Å². The fourth-order valence-electron chi connectivity index (χ4n) is 0. The van der Waals surface area contributed by atoms with Gasteiger partial charge in [-0.05, 0) is 25.0 Å². The molecule has 0 saturated heterocycles. The van der Waals surface area contributed by atoms with Gasteiger partial charge in [-0.2, -0.15) is 0 Å². The van der Waals surface area contributed by atoms with Crippen LogP contribution in [0, 0.1) is 0 Å². The second-order valence-electron chi connectivity index (χ2n) is 2.14. The summed E-state index contributed by atoms with van der Waals surface area (Å²) in [4.78, 5) is 19.0. The van der Waals surface area contributed by atoms with E-state index in [2.05, 4.69) is 13.2 Å². The van der Waals surface area contributed by atoms with E-state index < -0.39 is 11.9 Å². The van der Waals surface area contributed by atoms with Crippen LogP contribution >= 0.6 is 0 Å². The van der Waals surface area contributed by atoms with Crippen LogP contribution in [0.25, 0.3) is 0 Å². The molecule has 0 N–H and O–H groups in total. The van der Waals surface area contributed by atoms with Gasteiger partial charge >= 0.3 is 35.9 Å². The third kappa shape index (κ3) is 22.5. The Morgan fingerprint density at radius 2 is 1.07 bits per heavy atom. The van der Waals surface area contributed by atoms with Gasteiger partial charge in [-0.15, -0.1) is 0 Å². The van der Waals surface area contributed by atoms with E-state index in [1.807, 2.05) is 0 Å². The zero-order valence-electron chi connectivity index (χ0n) is 9.43. The second-order valence-corrected chi connectivity index (χ2v) is 2.14. The number of aliphatic carboxylic acids is 2. The van der Waals surface area contributed by atoms with Gasteiger partial charge in [0.1, 0.15) is 0 Å². The monoisotopic (exact) mass is 233 g/mol. The average molecular weight is 233 g/mol. The maximum Gasteiger partial charge on any atom is 2.00 e. The Labute approximate surface area is 107 Å². The van der Waals surface area contributed by atoms with Crippen molar-refractivity contribution >= 4 is 11.9 Å². The molecule has 0 aromatic carbocycles. The standard InChI is InChI=1S/2C4H6O2.Li.Mn.H/c2*1-3(2)4(5)6;;;/h2*1H2,2H3,(H,5,6);;;/q;;+1;+2;-1/p-2. The fourth-order valence-corrected chi connectivity index (χ4v) is 0. The molecule has 0 aliphatic rings. The van der Waals surface area contributed by atoms with E-state index in [0.29, 0.717) is 0 Å². The molecular formula is C8H11LiMnO4. The summed E-state index contributed by atoms with van der Waals surface area (Å²) in [5.41, 5.74) is 0.130. The number of carboxylic acid groups (broad SMARTS) is 2. The first-order valence-electron chi connectivity index (χ1n) is 3.02. The van der Waals surface area contributed by atoms with Crippen molar-refractivity contribution < 1.29 is 57.2 Å². The number of rotatable bonds is 2. The van der Waals surface area contributed by atoms with E-state index >= 15 is 0 Å². The molecule has 0 amide bonds. The van der Waals surface area contributed by atoms with Crippen molar-refractivity contribution in [1.29, 1.82) is 0 Å². The molecule has 6 heteroatoms. The third-order valence-electron chi connectivity index (χ3n) is 0.697. The van der Waals surface area contributed by atoms with E-state index in [9.17, 15) is 19.8 Å². The van der Waals surface area contributed by atoms with Crippen molar-refractivity contribution in [1.82, 2.24) is 0 Å². The first kappa shape index (κ1) is 23.4.